The molecule has 2 heterocycles. The summed E-state index contributed by atoms with van der Waals surface area (Å²) < 4.78 is 11.0. The Morgan fingerprint density at radius 2 is 1.79 bits per heavy atom. The van der Waals surface area contributed by atoms with Gasteiger partial charge in [0.05, 0.1) is 0 Å². The first kappa shape index (κ1) is 19.8. The van der Waals surface area contributed by atoms with Crippen LogP contribution in [0.2, 0.25) is 0 Å². The van der Waals surface area contributed by atoms with Crippen molar-refractivity contribution in [1.82, 2.24) is 4.90 Å². The van der Waals surface area contributed by atoms with E-state index in [1.54, 1.807) is 0 Å². The highest BCUT2D eigenvalue weighted by atomic mass is 16.7. The Balaban J connectivity index is 1.59. The summed E-state index contributed by atoms with van der Waals surface area (Å²) >= 11 is 0. The molecule has 0 saturated carbocycles. The van der Waals surface area contributed by atoms with Gasteiger partial charge in [0.15, 0.2) is 11.5 Å². The number of fused-ring (bicyclic) bond motifs is 1. The van der Waals surface area contributed by atoms with Crippen molar-refractivity contribution in [3.63, 3.8) is 0 Å². The fourth-order valence-electron chi connectivity index (χ4n) is 4.23. The second-order valence-electron chi connectivity index (χ2n) is 8.52. The van der Waals surface area contributed by atoms with Gasteiger partial charge in [0.25, 0.3) is 0 Å². The van der Waals surface area contributed by atoms with Crippen LogP contribution in [-0.2, 0) is 4.79 Å². The molecule has 5 heteroatoms. The monoisotopic (exact) mass is 394 g/mol. The Morgan fingerprint density at radius 3 is 2.52 bits per heavy atom. The number of carbonyl (C=O) groups is 1. The molecule has 2 aliphatic rings. The van der Waals surface area contributed by atoms with Gasteiger partial charge in [-0.15, -0.1) is 0 Å². The van der Waals surface area contributed by atoms with Gasteiger partial charge in [-0.05, 0) is 66.6 Å². The molecule has 1 amide bonds. The predicted molar refractivity (Wildman–Crippen MR) is 114 cm³/mol. The van der Waals surface area contributed by atoms with Crippen LogP contribution in [0.4, 0.5) is 5.69 Å². The lowest BCUT2D eigenvalue weighted by Gasteiger charge is -2.36. The van der Waals surface area contributed by atoms with Crippen LogP contribution in [0.25, 0.3) is 0 Å². The third-order valence-corrected chi connectivity index (χ3v) is 5.86. The first-order chi connectivity index (χ1) is 14.0. The molecule has 2 aliphatic heterocycles. The van der Waals surface area contributed by atoms with E-state index >= 15 is 0 Å². The number of hydrogen-bond acceptors (Lipinski definition) is 4. The molecule has 0 radical (unpaired) electrons. The van der Waals surface area contributed by atoms with Gasteiger partial charge in [-0.1, -0.05) is 39.0 Å². The predicted octanol–water partition coefficient (Wildman–Crippen LogP) is 4.95. The number of benzene rings is 2. The summed E-state index contributed by atoms with van der Waals surface area (Å²) in [5.74, 6) is 2.50. The Morgan fingerprint density at radius 1 is 1.07 bits per heavy atom. The van der Waals surface area contributed by atoms with Crippen molar-refractivity contribution >= 4 is 11.6 Å². The Bertz CT molecular complexity index is 863. The van der Waals surface area contributed by atoms with Gasteiger partial charge in [0, 0.05) is 12.2 Å². The molecule has 4 rings (SSSR count). The molecule has 1 fully saturated rings. The van der Waals surface area contributed by atoms with Gasteiger partial charge < -0.3 is 14.8 Å². The number of amides is 1. The summed E-state index contributed by atoms with van der Waals surface area (Å²) in [6.07, 6.45) is 2.32. The Kier molecular flexibility index (Phi) is 5.76. The summed E-state index contributed by atoms with van der Waals surface area (Å²) in [7, 11) is 0. The fraction of sp³-hybridized carbons (Fsp3) is 0.458. The van der Waals surface area contributed by atoms with Crippen molar-refractivity contribution in [1.29, 1.82) is 0 Å². The highest BCUT2D eigenvalue weighted by Crippen LogP contribution is 2.37. The lowest BCUT2D eigenvalue weighted by molar-refractivity contribution is -0.122. The van der Waals surface area contributed by atoms with E-state index < -0.39 is 0 Å². The highest BCUT2D eigenvalue weighted by molar-refractivity contribution is 5.95. The van der Waals surface area contributed by atoms with Gasteiger partial charge >= 0.3 is 0 Å². The first-order valence-electron chi connectivity index (χ1n) is 10.6. The van der Waals surface area contributed by atoms with E-state index in [0.717, 1.165) is 36.5 Å². The molecule has 0 aliphatic carbocycles. The summed E-state index contributed by atoms with van der Waals surface area (Å²) in [6.45, 7) is 8.66. The lowest BCUT2D eigenvalue weighted by Crippen LogP contribution is -2.42. The quantitative estimate of drug-likeness (QED) is 0.780. The maximum atomic E-state index is 13.4. The number of nitrogens with one attached hydrogen (secondary N) is 1. The van der Waals surface area contributed by atoms with E-state index in [9.17, 15) is 4.79 Å². The zero-order valence-electron chi connectivity index (χ0n) is 17.5. The molecule has 2 atom stereocenters. The third-order valence-electron chi connectivity index (χ3n) is 5.86. The number of hydrogen-bond donors (Lipinski definition) is 1. The summed E-state index contributed by atoms with van der Waals surface area (Å²) in [5.41, 5.74) is 3.04. The minimum Gasteiger partial charge on any atom is -0.454 e. The number of rotatable bonds is 5. The van der Waals surface area contributed by atoms with Crippen LogP contribution in [0, 0.1) is 5.92 Å². The SMILES string of the molecule is CC(C)c1ccc(NC(=O)[C@H](c2ccc3c(c2)OCO3)N2CCC[C@H](C)C2)cc1. The van der Waals surface area contributed by atoms with Crippen LogP contribution < -0.4 is 14.8 Å². The van der Waals surface area contributed by atoms with Crippen LogP contribution >= 0.6 is 0 Å². The van der Waals surface area contributed by atoms with E-state index in [1.165, 1.54) is 12.0 Å². The molecule has 154 valence electrons. The molecule has 0 bridgehead atoms. The zero-order valence-corrected chi connectivity index (χ0v) is 17.5. The van der Waals surface area contributed by atoms with Crippen LogP contribution in [0.15, 0.2) is 42.5 Å². The minimum absolute atomic E-state index is 0.00439. The maximum Gasteiger partial charge on any atom is 0.246 e. The number of nitrogens with zero attached hydrogens (tertiary/aromatic N) is 1. The molecule has 0 unspecified atom stereocenters. The topological polar surface area (TPSA) is 50.8 Å². The molecular formula is C24H30N2O3. The maximum absolute atomic E-state index is 13.4. The van der Waals surface area contributed by atoms with Crippen molar-refractivity contribution in [3.8, 4) is 11.5 Å². The normalized spacial score (nSPS) is 19.9. The van der Waals surface area contributed by atoms with Crippen molar-refractivity contribution < 1.29 is 14.3 Å². The lowest BCUT2D eigenvalue weighted by atomic mass is 9.95. The van der Waals surface area contributed by atoms with E-state index in [4.69, 9.17) is 9.47 Å². The van der Waals surface area contributed by atoms with E-state index in [0.29, 0.717) is 17.6 Å². The Hall–Kier alpha value is -2.53. The second kappa shape index (κ2) is 8.46. The first-order valence-corrected chi connectivity index (χ1v) is 10.6. The van der Waals surface area contributed by atoms with Crippen LogP contribution in [0.1, 0.15) is 56.7 Å². The zero-order chi connectivity index (χ0) is 20.4. The summed E-state index contributed by atoms with van der Waals surface area (Å²) in [4.78, 5) is 15.7. The van der Waals surface area contributed by atoms with Crippen molar-refractivity contribution in [3.05, 3.63) is 53.6 Å². The fourth-order valence-corrected chi connectivity index (χ4v) is 4.23. The largest absolute Gasteiger partial charge is 0.454 e. The number of anilines is 1. The number of likely N-dealkylation sites (tertiary alicyclic amines) is 1. The number of carbonyl (C=O) groups excluding carboxylic acids is 1. The van der Waals surface area contributed by atoms with Crippen molar-refractivity contribution in [2.24, 2.45) is 5.92 Å². The Labute approximate surface area is 173 Å². The van der Waals surface area contributed by atoms with Gasteiger partial charge in [0.2, 0.25) is 12.7 Å². The summed E-state index contributed by atoms with van der Waals surface area (Å²) in [6, 6.07) is 13.6. The number of ether oxygens (including phenoxy) is 2. The molecule has 1 saturated heterocycles. The molecule has 2 aromatic carbocycles. The second-order valence-corrected chi connectivity index (χ2v) is 8.52. The van der Waals surface area contributed by atoms with Crippen molar-refractivity contribution in [2.75, 3.05) is 25.2 Å². The molecule has 0 spiro atoms. The third kappa shape index (κ3) is 4.40. The molecule has 1 N–H and O–H groups in total. The van der Waals surface area contributed by atoms with Gasteiger partial charge in [-0.25, -0.2) is 0 Å². The van der Waals surface area contributed by atoms with E-state index in [1.807, 2.05) is 30.3 Å². The number of piperidine rings is 1. The van der Waals surface area contributed by atoms with Crippen LogP contribution in [0.5, 0.6) is 11.5 Å². The summed E-state index contributed by atoms with van der Waals surface area (Å²) in [5, 5.41) is 3.13. The van der Waals surface area contributed by atoms with Gasteiger partial charge in [-0.3, -0.25) is 9.69 Å². The molecule has 5 nitrogen and oxygen atoms in total. The molecular weight excluding hydrogens is 364 g/mol. The average Bonchev–Trinajstić information content (AvgIpc) is 3.16. The average molecular weight is 395 g/mol. The van der Waals surface area contributed by atoms with Crippen LogP contribution in [-0.4, -0.2) is 30.7 Å². The standard InChI is InChI=1S/C24H30N2O3/c1-16(2)18-6-9-20(10-7-18)25-24(27)23(26-12-4-5-17(3)14-26)19-8-11-21-22(13-19)29-15-28-21/h6-11,13,16-17,23H,4-5,12,14-15H2,1-3H3,(H,25,27)/t17-,23-/m0/s1. The van der Waals surface area contributed by atoms with E-state index in [-0.39, 0.29) is 18.7 Å². The highest BCUT2D eigenvalue weighted by Gasteiger charge is 2.32. The molecule has 2 aromatic rings. The molecule has 0 aromatic heterocycles. The molecule has 29 heavy (non-hydrogen) atoms. The van der Waals surface area contributed by atoms with Crippen LogP contribution in [0.3, 0.4) is 0 Å². The van der Waals surface area contributed by atoms with Crippen molar-refractivity contribution in [2.45, 2.75) is 45.6 Å². The van der Waals surface area contributed by atoms with Gasteiger partial charge in [-0.2, -0.15) is 0 Å². The van der Waals surface area contributed by atoms with E-state index in [2.05, 4.69) is 43.1 Å². The van der Waals surface area contributed by atoms with Gasteiger partial charge in [0.1, 0.15) is 6.04 Å². The minimum atomic E-state index is -0.350. The smallest absolute Gasteiger partial charge is 0.246 e.